The molecule has 0 unspecified atom stereocenters. The molecular formula is C20H17ClN4S. The SMILES string of the molecule is Cc1cccc(-n2c(C)nnc2SCc2cc3ccccc3nc2Cl)c1. The summed E-state index contributed by atoms with van der Waals surface area (Å²) in [5, 5.41) is 11.1. The molecule has 0 spiro atoms. The third-order valence-corrected chi connectivity index (χ3v) is 5.47. The zero-order valence-electron chi connectivity index (χ0n) is 14.5. The molecule has 2 aromatic carbocycles. The fraction of sp³-hybridized carbons (Fsp3) is 0.150. The third kappa shape index (κ3) is 3.32. The van der Waals surface area contributed by atoms with E-state index < -0.39 is 0 Å². The molecular weight excluding hydrogens is 364 g/mol. The summed E-state index contributed by atoms with van der Waals surface area (Å²) < 4.78 is 2.07. The zero-order chi connectivity index (χ0) is 18.1. The lowest BCUT2D eigenvalue weighted by Crippen LogP contribution is -2.00. The van der Waals surface area contributed by atoms with Gasteiger partial charge in [0.05, 0.1) is 5.52 Å². The fourth-order valence-corrected chi connectivity index (χ4v) is 4.14. The number of pyridine rings is 1. The number of hydrogen-bond acceptors (Lipinski definition) is 4. The van der Waals surface area contributed by atoms with Crippen molar-refractivity contribution in [2.24, 2.45) is 0 Å². The van der Waals surface area contributed by atoms with Crippen LogP contribution in [-0.2, 0) is 5.75 Å². The van der Waals surface area contributed by atoms with Crippen molar-refractivity contribution in [1.82, 2.24) is 19.7 Å². The van der Waals surface area contributed by atoms with Gasteiger partial charge in [-0.2, -0.15) is 0 Å². The maximum Gasteiger partial charge on any atom is 0.196 e. The van der Waals surface area contributed by atoms with Gasteiger partial charge < -0.3 is 0 Å². The summed E-state index contributed by atoms with van der Waals surface area (Å²) in [6.45, 7) is 4.04. The molecule has 0 amide bonds. The number of nitrogens with zero attached hydrogens (tertiary/aromatic N) is 4. The largest absolute Gasteiger partial charge is 0.274 e. The molecule has 0 N–H and O–H groups in total. The van der Waals surface area contributed by atoms with E-state index in [2.05, 4.69) is 50.9 Å². The normalized spacial score (nSPS) is 11.2. The lowest BCUT2D eigenvalue weighted by Gasteiger charge is -2.10. The summed E-state index contributed by atoms with van der Waals surface area (Å²) >= 11 is 7.99. The van der Waals surface area contributed by atoms with Crippen LogP contribution in [0.25, 0.3) is 16.6 Å². The van der Waals surface area contributed by atoms with E-state index in [1.165, 1.54) is 5.56 Å². The van der Waals surface area contributed by atoms with E-state index in [-0.39, 0.29) is 0 Å². The second-order valence-corrected chi connectivity index (χ2v) is 7.42. The second-order valence-electron chi connectivity index (χ2n) is 6.12. The summed E-state index contributed by atoms with van der Waals surface area (Å²) in [6, 6.07) is 18.4. The highest BCUT2D eigenvalue weighted by atomic mass is 35.5. The van der Waals surface area contributed by atoms with Crippen LogP contribution < -0.4 is 0 Å². The lowest BCUT2D eigenvalue weighted by atomic mass is 10.2. The first-order valence-electron chi connectivity index (χ1n) is 8.28. The minimum Gasteiger partial charge on any atom is -0.274 e. The van der Waals surface area contributed by atoms with Gasteiger partial charge in [-0.25, -0.2) is 4.98 Å². The number of aryl methyl sites for hydroxylation is 2. The van der Waals surface area contributed by atoms with Crippen molar-refractivity contribution in [2.75, 3.05) is 0 Å². The summed E-state index contributed by atoms with van der Waals surface area (Å²) in [5.74, 6) is 1.54. The van der Waals surface area contributed by atoms with Gasteiger partial charge in [0.25, 0.3) is 0 Å². The number of para-hydroxylation sites is 1. The van der Waals surface area contributed by atoms with Gasteiger partial charge in [-0.1, -0.05) is 53.7 Å². The van der Waals surface area contributed by atoms with Crippen molar-refractivity contribution < 1.29 is 0 Å². The molecule has 2 aromatic heterocycles. The van der Waals surface area contributed by atoms with E-state index in [1.807, 2.05) is 37.3 Å². The van der Waals surface area contributed by atoms with Crippen molar-refractivity contribution in [3.05, 3.63) is 76.7 Å². The number of fused-ring (bicyclic) bond motifs is 1. The first kappa shape index (κ1) is 17.1. The van der Waals surface area contributed by atoms with Gasteiger partial charge in [0.1, 0.15) is 11.0 Å². The highest BCUT2D eigenvalue weighted by Crippen LogP contribution is 2.29. The molecule has 0 aliphatic rings. The number of hydrogen-bond donors (Lipinski definition) is 0. The van der Waals surface area contributed by atoms with Gasteiger partial charge in [-0.3, -0.25) is 4.57 Å². The summed E-state index contributed by atoms with van der Waals surface area (Å²) in [6.07, 6.45) is 0. The van der Waals surface area contributed by atoms with Crippen molar-refractivity contribution in [3.63, 3.8) is 0 Å². The molecule has 0 aliphatic carbocycles. The molecule has 4 aromatic rings. The minimum absolute atomic E-state index is 0.537. The van der Waals surface area contributed by atoms with E-state index in [4.69, 9.17) is 11.6 Å². The van der Waals surface area contributed by atoms with E-state index in [0.29, 0.717) is 10.9 Å². The molecule has 130 valence electrons. The van der Waals surface area contributed by atoms with E-state index in [1.54, 1.807) is 11.8 Å². The monoisotopic (exact) mass is 380 g/mol. The van der Waals surface area contributed by atoms with Gasteiger partial charge in [-0.05, 0) is 43.7 Å². The molecule has 0 saturated carbocycles. The Morgan fingerprint density at radius 2 is 1.85 bits per heavy atom. The van der Waals surface area contributed by atoms with Crippen LogP contribution in [0.3, 0.4) is 0 Å². The van der Waals surface area contributed by atoms with Crippen LogP contribution in [0.5, 0.6) is 0 Å². The molecule has 0 aliphatic heterocycles. The Kier molecular flexibility index (Phi) is 4.66. The quantitative estimate of drug-likeness (QED) is 0.352. The van der Waals surface area contributed by atoms with Crippen molar-refractivity contribution in [1.29, 1.82) is 0 Å². The first-order valence-corrected chi connectivity index (χ1v) is 9.64. The minimum atomic E-state index is 0.537. The van der Waals surface area contributed by atoms with Crippen LogP contribution in [0.1, 0.15) is 17.0 Å². The van der Waals surface area contributed by atoms with Crippen LogP contribution in [0, 0.1) is 13.8 Å². The van der Waals surface area contributed by atoms with Gasteiger partial charge >= 0.3 is 0 Å². The number of aromatic nitrogens is 4. The number of thioether (sulfide) groups is 1. The predicted molar refractivity (Wildman–Crippen MR) is 107 cm³/mol. The van der Waals surface area contributed by atoms with Gasteiger partial charge in [0.2, 0.25) is 0 Å². The Bertz CT molecular complexity index is 1090. The third-order valence-electron chi connectivity index (χ3n) is 4.16. The lowest BCUT2D eigenvalue weighted by molar-refractivity contribution is 0.867. The zero-order valence-corrected chi connectivity index (χ0v) is 16.1. The van der Waals surface area contributed by atoms with Crippen LogP contribution >= 0.6 is 23.4 Å². The highest BCUT2D eigenvalue weighted by molar-refractivity contribution is 7.98. The van der Waals surface area contributed by atoms with Crippen molar-refractivity contribution in [3.8, 4) is 5.69 Å². The fourth-order valence-electron chi connectivity index (χ4n) is 2.88. The summed E-state index contributed by atoms with van der Waals surface area (Å²) in [5.41, 5.74) is 4.17. The molecule has 26 heavy (non-hydrogen) atoms. The summed E-state index contributed by atoms with van der Waals surface area (Å²) in [7, 11) is 0. The smallest absolute Gasteiger partial charge is 0.196 e. The van der Waals surface area contributed by atoms with Crippen LogP contribution in [0.4, 0.5) is 0 Å². The highest BCUT2D eigenvalue weighted by Gasteiger charge is 2.13. The topological polar surface area (TPSA) is 43.6 Å². The maximum atomic E-state index is 6.38. The Labute approximate surface area is 161 Å². The molecule has 0 atom stereocenters. The van der Waals surface area contributed by atoms with Crippen molar-refractivity contribution in [2.45, 2.75) is 24.8 Å². The van der Waals surface area contributed by atoms with E-state index >= 15 is 0 Å². The molecule has 0 radical (unpaired) electrons. The number of benzene rings is 2. The number of rotatable bonds is 4. The van der Waals surface area contributed by atoms with Crippen LogP contribution in [0.15, 0.2) is 59.8 Å². The second kappa shape index (κ2) is 7.09. The van der Waals surface area contributed by atoms with Gasteiger partial charge in [-0.15, -0.1) is 10.2 Å². The van der Waals surface area contributed by atoms with Gasteiger partial charge in [0, 0.05) is 22.4 Å². The van der Waals surface area contributed by atoms with Gasteiger partial charge in [0.15, 0.2) is 5.16 Å². The predicted octanol–water partition coefficient (Wildman–Crippen LogP) is 5.38. The Balaban J connectivity index is 1.64. The molecule has 0 fully saturated rings. The average Bonchev–Trinajstić information content (AvgIpc) is 3.00. The number of halogens is 1. The Hall–Kier alpha value is -2.37. The molecule has 6 heteroatoms. The molecule has 2 heterocycles. The molecule has 0 saturated heterocycles. The van der Waals surface area contributed by atoms with Crippen LogP contribution in [0.2, 0.25) is 5.15 Å². The summed E-state index contributed by atoms with van der Waals surface area (Å²) in [4.78, 5) is 4.49. The first-order chi connectivity index (χ1) is 12.6. The maximum absolute atomic E-state index is 6.38. The Morgan fingerprint density at radius 1 is 1.00 bits per heavy atom. The van der Waals surface area contributed by atoms with E-state index in [0.717, 1.165) is 33.1 Å². The molecule has 4 nitrogen and oxygen atoms in total. The van der Waals surface area contributed by atoms with Crippen molar-refractivity contribution >= 4 is 34.3 Å². The average molecular weight is 381 g/mol. The molecule has 0 bridgehead atoms. The van der Waals surface area contributed by atoms with E-state index in [9.17, 15) is 0 Å². The van der Waals surface area contributed by atoms with Crippen LogP contribution in [-0.4, -0.2) is 19.7 Å². The Morgan fingerprint density at radius 3 is 2.69 bits per heavy atom. The molecule has 4 rings (SSSR count). The standard InChI is InChI=1S/C20H17ClN4S/c1-13-6-5-8-17(10-13)25-14(2)23-24-20(25)26-12-16-11-15-7-3-4-9-18(15)22-19(16)21/h3-11H,12H2,1-2H3.